The standard InChI is InChI=1S/C15H29NO3S/c1-3-9-16-15(14(17)18)8-4-6-13(15)7-12-20-11-5-10-19-2/h13,16H,3-12H2,1-2H3,(H,17,18). The smallest absolute Gasteiger partial charge is 0.324 e. The Balaban J connectivity index is 2.39. The molecule has 0 saturated heterocycles. The van der Waals surface area contributed by atoms with Gasteiger partial charge in [0.2, 0.25) is 0 Å². The number of carbonyl (C=O) groups is 1. The van der Waals surface area contributed by atoms with Gasteiger partial charge >= 0.3 is 5.97 Å². The number of carboxylic acid groups (broad SMARTS) is 1. The maximum atomic E-state index is 11.7. The second-order valence-corrected chi connectivity index (χ2v) is 6.76. The van der Waals surface area contributed by atoms with Gasteiger partial charge in [0.1, 0.15) is 5.54 Å². The monoisotopic (exact) mass is 303 g/mol. The summed E-state index contributed by atoms with van der Waals surface area (Å²) in [6.07, 6.45) is 5.91. The van der Waals surface area contributed by atoms with E-state index in [0.717, 1.165) is 63.2 Å². The van der Waals surface area contributed by atoms with E-state index in [4.69, 9.17) is 4.74 Å². The van der Waals surface area contributed by atoms with Gasteiger partial charge in [-0.1, -0.05) is 13.3 Å². The first-order chi connectivity index (χ1) is 9.67. The molecule has 1 rings (SSSR count). The summed E-state index contributed by atoms with van der Waals surface area (Å²) >= 11 is 1.92. The Morgan fingerprint density at radius 1 is 1.50 bits per heavy atom. The minimum atomic E-state index is -0.664. The fraction of sp³-hybridized carbons (Fsp3) is 0.933. The molecular formula is C15H29NO3S. The summed E-state index contributed by atoms with van der Waals surface area (Å²) < 4.78 is 5.03. The fourth-order valence-electron chi connectivity index (χ4n) is 3.04. The average Bonchev–Trinajstić information content (AvgIpc) is 2.84. The number of hydrogen-bond donors (Lipinski definition) is 2. The van der Waals surface area contributed by atoms with Crippen molar-refractivity contribution in [3.8, 4) is 0 Å². The summed E-state index contributed by atoms with van der Waals surface area (Å²) in [5.41, 5.74) is -0.664. The zero-order valence-electron chi connectivity index (χ0n) is 12.8. The Morgan fingerprint density at radius 2 is 2.30 bits per heavy atom. The van der Waals surface area contributed by atoms with Crippen molar-refractivity contribution in [2.75, 3.05) is 31.8 Å². The zero-order chi connectivity index (χ0) is 14.8. The molecule has 0 amide bonds. The maximum Gasteiger partial charge on any atom is 0.324 e. The van der Waals surface area contributed by atoms with Crippen LogP contribution in [0.3, 0.4) is 0 Å². The highest BCUT2D eigenvalue weighted by molar-refractivity contribution is 7.99. The first kappa shape index (κ1) is 17.8. The van der Waals surface area contributed by atoms with E-state index >= 15 is 0 Å². The van der Waals surface area contributed by atoms with Gasteiger partial charge in [-0.3, -0.25) is 4.79 Å². The van der Waals surface area contributed by atoms with Gasteiger partial charge in [-0.25, -0.2) is 0 Å². The number of nitrogens with one attached hydrogen (secondary N) is 1. The molecule has 0 radical (unpaired) electrons. The number of methoxy groups -OCH3 is 1. The second kappa shape index (κ2) is 9.64. The molecule has 0 bridgehead atoms. The Kier molecular flexibility index (Phi) is 8.57. The quantitative estimate of drug-likeness (QED) is 0.575. The number of rotatable bonds is 11. The van der Waals surface area contributed by atoms with Gasteiger partial charge in [-0.2, -0.15) is 11.8 Å². The summed E-state index contributed by atoms with van der Waals surface area (Å²) in [5.74, 6) is 1.78. The molecule has 4 nitrogen and oxygen atoms in total. The summed E-state index contributed by atoms with van der Waals surface area (Å²) in [5, 5.41) is 13.0. The third-order valence-electron chi connectivity index (χ3n) is 4.14. The van der Waals surface area contributed by atoms with Crippen molar-refractivity contribution in [1.82, 2.24) is 5.32 Å². The van der Waals surface area contributed by atoms with E-state index < -0.39 is 11.5 Å². The van der Waals surface area contributed by atoms with E-state index in [-0.39, 0.29) is 5.92 Å². The van der Waals surface area contributed by atoms with Crippen LogP contribution in [-0.2, 0) is 9.53 Å². The molecule has 2 N–H and O–H groups in total. The van der Waals surface area contributed by atoms with Crippen LogP contribution < -0.4 is 5.32 Å². The van der Waals surface area contributed by atoms with Gasteiger partial charge in [-0.15, -0.1) is 0 Å². The van der Waals surface area contributed by atoms with Crippen molar-refractivity contribution in [2.45, 2.75) is 51.0 Å². The van der Waals surface area contributed by atoms with E-state index in [0.29, 0.717) is 0 Å². The Morgan fingerprint density at radius 3 is 2.95 bits per heavy atom. The van der Waals surface area contributed by atoms with Crippen molar-refractivity contribution in [3.63, 3.8) is 0 Å². The van der Waals surface area contributed by atoms with E-state index in [1.807, 2.05) is 11.8 Å². The van der Waals surface area contributed by atoms with Crippen molar-refractivity contribution >= 4 is 17.7 Å². The van der Waals surface area contributed by atoms with Crippen molar-refractivity contribution in [1.29, 1.82) is 0 Å². The van der Waals surface area contributed by atoms with Gasteiger partial charge in [-0.05, 0) is 56.1 Å². The van der Waals surface area contributed by atoms with E-state index in [1.54, 1.807) is 7.11 Å². The third kappa shape index (κ3) is 4.93. The highest BCUT2D eigenvalue weighted by Crippen LogP contribution is 2.39. The molecule has 0 spiro atoms. The van der Waals surface area contributed by atoms with E-state index in [9.17, 15) is 9.90 Å². The van der Waals surface area contributed by atoms with Crippen LogP contribution in [0.25, 0.3) is 0 Å². The fourth-order valence-corrected chi connectivity index (χ4v) is 4.02. The average molecular weight is 303 g/mol. The number of thioether (sulfide) groups is 1. The van der Waals surface area contributed by atoms with Crippen LogP contribution >= 0.6 is 11.8 Å². The van der Waals surface area contributed by atoms with Crippen LogP contribution in [0, 0.1) is 5.92 Å². The predicted molar refractivity (Wildman–Crippen MR) is 84.4 cm³/mol. The molecule has 1 aliphatic carbocycles. The van der Waals surface area contributed by atoms with Crippen LogP contribution in [0.4, 0.5) is 0 Å². The van der Waals surface area contributed by atoms with Gasteiger partial charge in [0.15, 0.2) is 0 Å². The van der Waals surface area contributed by atoms with Crippen LogP contribution in [0.1, 0.15) is 45.4 Å². The summed E-state index contributed by atoms with van der Waals surface area (Å²) in [6.45, 7) is 3.69. The van der Waals surface area contributed by atoms with Crippen LogP contribution in [0.15, 0.2) is 0 Å². The minimum Gasteiger partial charge on any atom is -0.480 e. The normalized spacial score (nSPS) is 26.0. The lowest BCUT2D eigenvalue weighted by molar-refractivity contribution is -0.146. The van der Waals surface area contributed by atoms with Gasteiger partial charge < -0.3 is 15.2 Å². The van der Waals surface area contributed by atoms with Crippen LogP contribution in [0.2, 0.25) is 0 Å². The molecule has 0 aromatic carbocycles. The molecule has 2 unspecified atom stereocenters. The van der Waals surface area contributed by atoms with Crippen molar-refractivity contribution < 1.29 is 14.6 Å². The van der Waals surface area contributed by atoms with E-state index in [2.05, 4.69) is 12.2 Å². The van der Waals surface area contributed by atoms with Crippen molar-refractivity contribution in [2.24, 2.45) is 5.92 Å². The second-order valence-electron chi connectivity index (χ2n) is 5.54. The van der Waals surface area contributed by atoms with Gasteiger partial charge in [0.25, 0.3) is 0 Å². The Hall–Kier alpha value is -0.260. The molecule has 1 aliphatic rings. The van der Waals surface area contributed by atoms with Crippen LogP contribution in [-0.4, -0.2) is 48.4 Å². The molecule has 1 saturated carbocycles. The third-order valence-corrected chi connectivity index (χ3v) is 5.24. The lowest BCUT2D eigenvalue weighted by Gasteiger charge is -2.32. The molecule has 20 heavy (non-hydrogen) atoms. The summed E-state index contributed by atoms with van der Waals surface area (Å²) in [7, 11) is 1.73. The molecule has 0 aromatic rings. The summed E-state index contributed by atoms with van der Waals surface area (Å²) in [4.78, 5) is 11.7. The predicted octanol–water partition coefficient (Wildman–Crippen LogP) is 2.77. The molecule has 0 aromatic heterocycles. The number of hydrogen-bond acceptors (Lipinski definition) is 4. The molecule has 0 heterocycles. The van der Waals surface area contributed by atoms with E-state index in [1.165, 1.54) is 0 Å². The Labute approximate surface area is 127 Å². The number of ether oxygens (including phenoxy) is 1. The molecule has 2 atom stereocenters. The molecule has 5 heteroatoms. The lowest BCUT2D eigenvalue weighted by Crippen LogP contribution is -2.55. The van der Waals surface area contributed by atoms with Gasteiger partial charge in [0, 0.05) is 13.7 Å². The molecule has 0 aliphatic heterocycles. The Bertz CT molecular complexity index is 288. The number of aliphatic carboxylic acids is 1. The zero-order valence-corrected chi connectivity index (χ0v) is 13.6. The van der Waals surface area contributed by atoms with Gasteiger partial charge in [0.05, 0.1) is 0 Å². The highest BCUT2D eigenvalue weighted by Gasteiger charge is 2.48. The topological polar surface area (TPSA) is 58.6 Å². The lowest BCUT2D eigenvalue weighted by atomic mass is 9.85. The first-order valence-electron chi connectivity index (χ1n) is 7.72. The molecule has 118 valence electrons. The first-order valence-corrected chi connectivity index (χ1v) is 8.88. The molecule has 1 fully saturated rings. The molecular weight excluding hydrogens is 274 g/mol. The largest absolute Gasteiger partial charge is 0.480 e. The SMILES string of the molecule is CCCNC1(C(=O)O)CCCC1CCSCCCOC. The summed E-state index contributed by atoms with van der Waals surface area (Å²) in [6, 6.07) is 0. The number of carboxylic acids is 1. The minimum absolute atomic E-state index is 0.279. The maximum absolute atomic E-state index is 11.7. The van der Waals surface area contributed by atoms with Crippen molar-refractivity contribution in [3.05, 3.63) is 0 Å². The highest BCUT2D eigenvalue weighted by atomic mass is 32.2. The van der Waals surface area contributed by atoms with Crippen LogP contribution in [0.5, 0.6) is 0 Å².